The van der Waals surface area contributed by atoms with E-state index in [1.165, 1.54) is 27.5 Å². The molecule has 1 nitrogen and oxygen atoms in total. The lowest BCUT2D eigenvalue weighted by Crippen LogP contribution is -2.22. The Morgan fingerprint density at radius 1 is 0.840 bits per heavy atom. The molecule has 3 aromatic carbocycles. The van der Waals surface area contributed by atoms with Gasteiger partial charge >= 0.3 is 0 Å². The molecule has 0 aliphatic carbocycles. The van der Waals surface area contributed by atoms with Gasteiger partial charge in [0, 0.05) is 12.6 Å². The Bertz CT molecular complexity index is 835. The van der Waals surface area contributed by atoms with Crippen LogP contribution in [0.25, 0.3) is 10.8 Å². The van der Waals surface area contributed by atoms with E-state index in [0.29, 0.717) is 6.04 Å². The summed E-state index contributed by atoms with van der Waals surface area (Å²) in [4.78, 5) is 2.42. The lowest BCUT2D eigenvalue weighted by molar-refractivity contribution is 0.254. The van der Waals surface area contributed by atoms with Crippen LogP contribution >= 0.6 is 0 Å². The van der Waals surface area contributed by atoms with E-state index in [9.17, 15) is 0 Å². The summed E-state index contributed by atoms with van der Waals surface area (Å²) in [5.41, 5.74) is 4.35. The van der Waals surface area contributed by atoms with Gasteiger partial charge in [0.1, 0.15) is 0 Å². The third-order valence-electron chi connectivity index (χ3n) is 5.22. The molecule has 0 radical (unpaired) electrons. The summed E-state index contributed by atoms with van der Waals surface area (Å²) < 4.78 is 0. The van der Waals surface area contributed by atoms with Crippen molar-refractivity contribution in [1.82, 2.24) is 4.90 Å². The first-order valence-electron chi connectivity index (χ1n) is 9.13. The highest BCUT2D eigenvalue weighted by Gasteiger charge is 2.16. The van der Waals surface area contributed by atoms with E-state index >= 15 is 0 Å². The zero-order valence-corrected chi connectivity index (χ0v) is 16.1. The summed E-state index contributed by atoms with van der Waals surface area (Å²) in [7, 11) is 2.21. The van der Waals surface area contributed by atoms with Crippen molar-refractivity contribution in [3.05, 3.63) is 83.4 Å². The molecule has 0 amide bonds. The van der Waals surface area contributed by atoms with Gasteiger partial charge in [0.25, 0.3) is 0 Å². The highest BCUT2D eigenvalue weighted by Crippen LogP contribution is 2.27. The molecule has 0 bridgehead atoms. The molecule has 0 spiro atoms. The van der Waals surface area contributed by atoms with Crippen molar-refractivity contribution >= 4 is 10.8 Å². The predicted molar refractivity (Wildman–Crippen MR) is 109 cm³/mol. The van der Waals surface area contributed by atoms with Crippen LogP contribution in [-0.2, 0) is 12.0 Å². The van der Waals surface area contributed by atoms with Gasteiger partial charge in [-0.05, 0) is 46.8 Å². The van der Waals surface area contributed by atoms with Crippen molar-refractivity contribution in [2.45, 2.75) is 45.7 Å². The summed E-state index contributed by atoms with van der Waals surface area (Å²) in [5, 5.41) is 2.67. The largest absolute Gasteiger partial charge is 0.295 e. The van der Waals surface area contributed by atoms with E-state index in [0.717, 1.165) is 6.54 Å². The summed E-state index contributed by atoms with van der Waals surface area (Å²) >= 11 is 0. The fourth-order valence-electron chi connectivity index (χ4n) is 3.35. The number of hydrogen-bond acceptors (Lipinski definition) is 1. The van der Waals surface area contributed by atoms with Gasteiger partial charge in [-0.3, -0.25) is 4.90 Å². The van der Waals surface area contributed by atoms with Crippen molar-refractivity contribution in [3.63, 3.8) is 0 Å². The third kappa shape index (κ3) is 3.93. The molecule has 1 atom stereocenters. The van der Waals surface area contributed by atoms with Gasteiger partial charge in [-0.2, -0.15) is 0 Å². The normalized spacial score (nSPS) is 13.4. The smallest absolute Gasteiger partial charge is 0.0320 e. The molecule has 0 aliphatic heterocycles. The molecule has 130 valence electrons. The predicted octanol–water partition coefficient (Wildman–Crippen LogP) is 6.33. The fraction of sp³-hybridized carbons (Fsp3) is 0.333. The molecule has 0 aliphatic rings. The summed E-state index contributed by atoms with van der Waals surface area (Å²) in [6, 6.07) is 24.7. The maximum Gasteiger partial charge on any atom is 0.0320 e. The molecule has 3 aromatic rings. The Hall–Kier alpha value is -2.12. The van der Waals surface area contributed by atoms with Gasteiger partial charge in [0.15, 0.2) is 0 Å². The summed E-state index contributed by atoms with van der Waals surface area (Å²) in [6.45, 7) is 10.0. The lowest BCUT2D eigenvalue weighted by atomic mass is 9.86. The number of benzene rings is 3. The van der Waals surface area contributed by atoms with E-state index in [1.54, 1.807) is 0 Å². The first-order valence-corrected chi connectivity index (χ1v) is 9.13. The van der Waals surface area contributed by atoms with Crippen LogP contribution in [0.5, 0.6) is 0 Å². The number of hydrogen-bond donors (Lipinski definition) is 0. The molecule has 1 heteroatoms. The molecule has 0 fully saturated rings. The molecule has 25 heavy (non-hydrogen) atoms. The molecular weight excluding hydrogens is 302 g/mol. The van der Waals surface area contributed by atoms with Crippen LogP contribution in [0.2, 0.25) is 0 Å². The minimum Gasteiger partial charge on any atom is -0.295 e. The van der Waals surface area contributed by atoms with Crippen LogP contribution in [0, 0.1) is 0 Å². The first kappa shape index (κ1) is 17.7. The molecule has 0 saturated carbocycles. The minimum absolute atomic E-state index is 0.205. The summed E-state index contributed by atoms with van der Waals surface area (Å²) in [6.07, 6.45) is 0. The van der Waals surface area contributed by atoms with Crippen molar-refractivity contribution in [1.29, 1.82) is 0 Å². The zero-order chi connectivity index (χ0) is 18.0. The summed E-state index contributed by atoms with van der Waals surface area (Å²) in [5.74, 6) is 0. The van der Waals surface area contributed by atoms with Gasteiger partial charge < -0.3 is 0 Å². The van der Waals surface area contributed by atoms with Crippen molar-refractivity contribution in [2.75, 3.05) is 7.05 Å². The standard InChI is InChI=1S/C24H29N/c1-18(19-13-15-22(16-14-19)24(2,3)4)25(5)17-21-11-8-10-20-9-6-7-12-23(20)21/h6-16,18H,17H2,1-5H3/t18-/m0/s1. The Balaban J connectivity index is 1.79. The Morgan fingerprint density at radius 2 is 1.48 bits per heavy atom. The molecule has 3 rings (SSSR count). The molecule has 0 N–H and O–H groups in total. The van der Waals surface area contributed by atoms with Crippen molar-refractivity contribution in [3.8, 4) is 0 Å². The molecule has 0 unspecified atom stereocenters. The topological polar surface area (TPSA) is 3.24 Å². The second-order valence-corrected chi connectivity index (χ2v) is 8.10. The lowest BCUT2D eigenvalue weighted by Gasteiger charge is -2.27. The highest BCUT2D eigenvalue weighted by molar-refractivity contribution is 5.85. The SMILES string of the molecule is C[C@@H](c1ccc(C(C)(C)C)cc1)N(C)Cc1cccc2ccccc12. The van der Waals surface area contributed by atoms with Crippen LogP contribution in [0.4, 0.5) is 0 Å². The van der Waals surface area contributed by atoms with Crippen LogP contribution in [0.3, 0.4) is 0 Å². The van der Waals surface area contributed by atoms with Gasteiger partial charge in [0.2, 0.25) is 0 Å². The maximum absolute atomic E-state index is 2.42. The van der Waals surface area contributed by atoms with Crippen LogP contribution in [-0.4, -0.2) is 11.9 Å². The Kier molecular flexibility index (Phi) is 4.96. The second kappa shape index (κ2) is 7.01. The first-order chi connectivity index (χ1) is 11.9. The second-order valence-electron chi connectivity index (χ2n) is 8.10. The van der Waals surface area contributed by atoms with E-state index in [-0.39, 0.29) is 5.41 Å². The number of fused-ring (bicyclic) bond motifs is 1. The van der Waals surface area contributed by atoms with Gasteiger partial charge in [0.05, 0.1) is 0 Å². The van der Waals surface area contributed by atoms with Crippen molar-refractivity contribution < 1.29 is 0 Å². The maximum atomic E-state index is 2.42. The Morgan fingerprint density at radius 3 is 2.16 bits per heavy atom. The number of rotatable bonds is 4. The van der Waals surface area contributed by atoms with E-state index in [1.807, 2.05) is 0 Å². The van der Waals surface area contributed by atoms with Crippen LogP contribution in [0.1, 0.15) is 50.4 Å². The Labute approximate surface area is 152 Å². The van der Waals surface area contributed by atoms with E-state index < -0.39 is 0 Å². The minimum atomic E-state index is 0.205. The van der Waals surface area contributed by atoms with E-state index in [4.69, 9.17) is 0 Å². The monoisotopic (exact) mass is 331 g/mol. The molecular formula is C24H29N. The molecule has 0 heterocycles. The van der Waals surface area contributed by atoms with Crippen LogP contribution in [0.15, 0.2) is 66.7 Å². The highest BCUT2D eigenvalue weighted by atomic mass is 15.1. The molecule has 0 saturated heterocycles. The van der Waals surface area contributed by atoms with Crippen molar-refractivity contribution in [2.24, 2.45) is 0 Å². The third-order valence-corrected chi connectivity index (χ3v) is 5.22. The van der Waals surface area contributed by atoms with E-state index in [2.05, 4.69) is 106 Å². The molecule has 0 aromatic heterocycles. The quantitative estimate of drug-likeness (QED) is 0.540. The van der Waals surface area contributed by atoms with Gasteiger partial charge in [-0.15, -0.1) is 0 Å². The van der Waals surface area contributed by atoms with Gasteiger partial charge in [-0.25, -0.2) is 0 Å². The zero-order valence-electron chi connectivity index (χ0n) is 16.1. The van der Waals surface area contributed by atoms with Gasteiger partial charge in [-0.1, -0.05) is 87.5 Å². The average molecular weight is 332 g/mol. The van der Waals surface area contributed by atoms with Crippen LogP contribution < -0.4 is 0 Å². The number of nitrogens with zero attached hydrogens (tertiary/aromatic N) is 1. The fourth-order valence-corrected chi connectivity index (χ4v) is 3.35. The average Bonchev–Trinajstić information content (AvgIpc) is 2.61.